The first-order valence-electron chi connectivity index (χ1n) is 6.12. The third kappa shape index (κ3) is 1.87. The molecule has 0 bridgehead atoms. The Hall–Kier alpha value is -1.06. The standard InChI is InChI=1S/C12H18N2O5S/c1-10(6-15)12(3,18)11(2,17)8(19-10)14-5-4-7(20)13-9(14)16/h4-5,8,15,17-18H,6H2,1-3H3,(H,13,16,20)/t8-,10-,11-,12?/m1/s1. The van der Waals surface area contributed by atoms with E-state index in [1.165, 1.54) is 33.0 Å². The molecule has 2 rings (SSSR count). The number of ether oxygens (including phenoxy) is 1. The van der Waals surface area contributed by atoms with E-state index in [4.69, 9.17) is 17.0 Å². The van der Waals surface area contributed by atoms with Crippen molar-refractivity contribution in [1.29, 1.82) is 0 Å². The largest absolute Gasteiger partial charge is 0.393 e. The van der Waals surface area contributed by atoms with Gasteiger partial charge in [0.15, 0.2) is 6.23 Å². The molecule has 4 atom stereocenters. The maximum Gasteiger partial charge on any atom is 0.328 e. The number of aromatic amines is 1. The quantitative estimate of drug-likeness (QED) is 0.558. The fourth-order valence-electron chi connectivity index (χ4n) is 2.38. The molecule has 0 spiro atoms. The zero-order valence-corrected chi connectivity index (χ0v) is 12.3. The molecule has 4 N–H and O–H groups in total. The van der Waals surface area contributed by atoms with Crippen molar-refractivity contribution in [3.8, 4) is 0 Å². The summed E-state index contributed by atoms with van der Waals surface area (Å²) in [4.78, 5) is 14.3. The normalized spacial score (nSPS) is 41.0. The summed E-state index contributed by atoms with van der Waals surface area (Å²) in [5.41, 5.74) is -5.52. The van der Waals surface area contributed by atoms with Crippen LogP contribution in [0.2, 0.25) is 0 Å². The zero-order chi connectivity index (χ0) is 15.3. The van der Waals surface area contributed by atoms with Crippen molar-refractivity contribution in [2.75, 3.05) is 6.61 Å². The number of H-pyrrole nitrogens is 1. The minimum atomic E-state index is -1.79. The van der Waals surface area contributed by atoms with Crippen LogP contribution in [-0.2, 0) is 4.74 Å². The number of hydrogen-bond acceptors (Lipinski definition) is 6. The van der Waals surface area contributed by atoms with E-state index in [0.717, 1.165) is 4.57 Å². The number of hydrogen-bond donors (Lipinski definition) is 4. The number of aliphatic hydroxyl groups excluding tert-OH is 1. The lowest BCUT2D eigenvalue weighted by Gasteiger charge is -2.39. The van der Waals surface area contributed by atoms with E-state index in [0.29, 0.717) is 0 Å². The van der Waals surface area contributed by atoms with Crippen LogP contribution in [0.25, 0.3) is 0 Å². The van der Waals surface area contributed by atoms with Gasteiger partial charge in [0.05, 0.1) is 6.61 Å². The lowest BCUT2D eigenvalue weighted by Crippen LogP contribution is -2.60. The summed E-state index contributed by atoms with van der Waals surface area (Å²) >= 11 is 4.84. The Bertz CT molecular complexity index is 635. The number of nitrogens with one attached hydrogen (secondary N) is 1. The molecular formula is C12H18N2O5S. The van der Waals surface area contributed by atoms with Crippen LogP contribution in [-0.4, -0.2) is 48.3 Å². The molecule has 2 heterocycles. The van der Waals surface area contributed by atoms with Gasteiger partial charge in [-0.25, -0.2) is 4.79 Å². The van der Waals surface area contributed by atoms with Crippen LogP contribution >= 0.6 is 12.2 Å². The molecule has 1 aliphatic rings. The van der Waals surface area contributed by atoms with Crippen molar-refractivity contribution in [2.24, 2.45) is 0 Å². The van der Waals surface area contributed by atoms with E-state index in [1.807, 2.05) is 0 Å². The van der Waals surface area contributed by atoms with Crippen LogP contribution in [0.4, 0.5) is 0 Å². The Balaban J connectivity index is 2.59. The van der Waals surface area contributed by atoms with Crippen LogP contribution < -0.4 is 5.69 Å². The van der Waals surface area contributed by atoms with Gasteiger partial charge in [-0.2, -0.15) is 0 Å². The van der Waals surface area contributed by atoms with Crippen LogP contribution in [0.15, 0.2) is 17.1 Å². The number of nitrogens with zero attached hydrogens (tertiary/aromatic N) is 1. The Morgan fingerprint density at radius 2 is 2.05 bits per heavy atom. The molecule has 0 aromatic carbocycles. The Kier molecular flexibility index (Phi) is 3.43. The average Bonchev–Trinajstić information content (AvgIpc) is 2.48. The van der Waals surface area contributed by atoms with Crippen LogP contribution in [0.1, 0.15) is 27.0 Å². The molecule has 1 fully saturated rings. The molecule has 112 valence electrons. The van der Waals surface area contributed by atoms with Gasteiger partial charge in [-0.05, 0) is 26.8 Å². The fourth-order valence-corrected chi connectivity index (χ4v) is 2.53. The number of rotatable bonds is 2. The van der Waals surface area contributed by atoms with Crippen LogP contribution in [0.3, 0.4) is 0 Å². The van der Waals surface area contributed by atoms with Gasteiger partial charge in [-0.1, -0.05) is 12.2 Å². The van der Waals surface area contributed by atoms with Gasteiger partial charge >= 0.3 is 5.69 Å². The van der Waals surface area contributed by atoms with E-state index in [9.17, 15) is 20.1 Å². The van der Waals surface area contributed by atoms with E-state index >= 15 is 0 Å². The molecule has 1 aromatic heterocycles. The first kappa shape index (κ1) is 15.3. The zero-order valence-electron chi connectivity index (χ0n) is 11.5. The molecule has 1 saturated heterocycles. The van der Waals surface area contributed by atoms with Gasteiger partial charge < -0.3 is 20.1 Å². The second-order valence-electron chi connectivity index (χ2n) is 5.60. The lowest BCUT2D eigenvalue weighted by molar-refractivity contribution is -0.162. The highest BCUT2D eigenvalue weighted by atomic mass is 32.1. The van der Waals surface area contributed by atoms with Crippen molar-refractivity contribution < 1.29 is 20.1 Å². The van der Waals surface area contributed by atoms with Gasteiger partial charge in [0.25, 0.3) is 0 Å². The van der Waals surface area contributed by atoms with Crippen molar-refractivity contribution in [1.82, 2.24) is 9.55 Å². The van der Waals surface area contributed by atoms with Gasteiger partial charge in [-0.15, -0.1) is 0 Å². The molecule has 0 amide bonds. The summed E-state index contributed by atoms with van der Waals surface area (Å²) in [6.07, 6.45) is 0.216. The number of aliphatic hydroxyl groups is 3. The molecule has 1 aliphatic heterocycles. The minimum Gasteiger partial charge on any atom is -0.393 e. The van der Waals surface area contributed by atoms with Crippen molar-refractivity contribution in [2.45, 2.75) is 43.8 Å². The SMILES string of the molecule is CC1(O)[C@@](C)(CO)O[C@@H](n2ccc(=S)[nH]c2=O)[C@@]1(C)O. The summed E-state index contributed by atoms with van der Waals surface area (Å²) in [7, 11) is 0. The summed E-state index contributed by atoms with van der Waals surface area (Å²) in [6.45, 7) is 3.67. The maximum absolute atomic E-state index is 11.9. The van der Waals surface area contributed by atoms with Crippen molar-refractivity contribution >= 4 is 12.2 Å². The van der Waals surface area contributed by atoms with Crippen molar-refractivity contribution in [3.63, 3.8) is 0 Å². The summed E-state index contributed by atoms with van der Waals surface area (Å²) < 4.78 is 6.95. The molecule has 1 aromatic rings. The van der Waals surface area contributed by atoms with E-state index in [-0.39, 0.29) is 4.64 Å². The molecule has 20 heavy (non-hydrogen) atoms. The molecular weight excluding hydrogens is 284 g/mol. The van der Waals surface area contributed by atoms with Crippen LogP contribution in [0, 0.1) is 4.64 Å². The monoisotopic (exact) mass is 302 g/mol. The highest BCUT2D eigenvalue weighted by Gasteiger charge is 2.67. The second-order valence-corrected chi connectivity index (χ2v) is 6.04. The van der Waals surface area contributed by atoms with Crippen LogP contribution in [0.5, 0.6) is 0 Å². The third-order valence-corrected chi connectivity index (χ3v) is 4.51. The van der Waals surface area contributed by atoms with E-state index in [1.54, 1.807) is 0 Å². The summed E-state index contributed by atoms with van der Waals surface area (Å²) in [6, 6.07) is 1.47. The molecule has 0 saturated carbocycles. The van der Waals surface area contributed by atoms with Gasteiger partial charge in [0, 0.05) is 6.20 Å². The van der Waals surface area contributed by atoms with Crippen molar-refractivity contribution in [3.05, 3.63) is 27.4 Å². The Morgan fingerprint density at radius 1 is 1.45 bits per heavy atom. The third-order valence-electron chi connectivity index (χ3n) is 4.27. The van der Waals surface area contributed by atoms with Gasteiger partial charge in [0.1, 0.15) is 21.4 Å². The molecule has 0 radical (unpaired) electrons. The molecule has 1 unspecified atom stereocenters. The first-order chi connectivity index (χ1) is 9.07. The number of aromatic nitrogens is 2. The lowest BCUT2D eigenvalue weighted by atomic mass is 9.76. The Labute approximate surface area is 120 Å². The van der Waals surface area contributed by atoms with Gasteiger partial charge in [-0.3, -0.25) is 9.55 Å². The highest BCUT2D eigenvalue weighted by Crippen LogP contribution is 2.50. The van der Waals surface area contributed by atoms with E-state index < -0.39 is 35.3 Å². The molecule has 7 nitrogen and oxygen atoms in total. The van der Waals surface area contributed by atoms with Gasteiger partial charge in [0.2, 0.25) is 0 Å². The predicted octanol–water partition coefficient (Wildman–Crippen LogP) is -0.312. The highest BCUT2D eigenvalue weighted by molar-refractivity contribution is 7.71. The minimum absolute atomic E-state index is 0.251. The van der Waals surface area contributed by atoms with E-state index in [2.05, 4.69) is 4.98 Å². The average molecular weight is 302 g/mol. The predicted molar refractivity (Wildman–Crippen MR) is 72.7 cm³/mol. The Morgan fingerprint density at radius 3 is 2.50 bits per heavy atom. The second kappa shape index (κ2) is 4.47. The fraction of sp³-hybridized carbons (Fsp3) is 0.667. The molecule has 8 heteroatoms. The topological polar surface area (TPSA) is 108 Å². The summed E-state index contributed by atoms with van der Waals surface area (Å²) in [5.74, 6) is 0. The maximum atomic E-state index is 11.9. The smallest absolute Gasteiger partial charge is 0.328 e. The summed E-state index contributed by atoms with van der Waals surface area (Å²) in [5, 5.41) is 30.6. The first-order valence-corrected chi connectivity index (χ1v) is 6.52. The molecule has 0 aliphatic carbocycles.